The molecule has 1 amide bonds. The number of nitrogens with one attached hydrogen (secondary N) is 1. The molecule has 9 heteroatoms. The number of hydrogen-bond acceptors (Lipinski definition) is 8. The Morgan fingerprint density at radius 3 is 2.82 bits per heavy atom. The van der Waals surface area contributed by atoms with Gasteiger partial charge in [0, 0.05) is 43.8 Å². The molecule has 33 heavy (non-hydrogen) atoms. The lowest BCUT2D eigenvalue weighted by Gasteiger charge is -2.34. The number of benzene rings is 1. The number of carbonyl (C=O) groups excluding carboxylic acids is 1. The lowest BCUT2D eigenvalue weighted by atomic mass is 10.1. The van der Waals surface area contributed by atoms with E-state index >= 15 is 0 Å². The summed E-state index contributed by atoms with van der Waals surface area (Å²) in [5, 5.41) is 3.12. The number of ether oxygens (including phenoxy) is 3. The van der Waals surface area contributed by atoms with E-state index in [1.807, 2.05) is 42.3 Å². The average molecular weight is 450 g/mol. The van der Waals surface area contributed by atoms with Crippen molar-refractivity contribution < 1.29 is 19.0 Å². The molecule has 0 spiro atoms. The van der Waals surface area contributed by atoms with E-state index in [9.17, 15) is 4.79 Å². The number of aromatic nitrogens is 3. The van der Waals surface area contributed by atoms with Crippen LogP contribution in [-0.4, -0.2) is 77.9 Å². The quantitative estimate of drug-likeness (QED) is 0.613. The van der Waals surface area contributed by atoms with Gasteiger partial charge in [0.1, 0.15) is 18.8 Å². The fourth-order valence-corrected chi connectivity index (χ4v) is 4.17. The summed E-state index contributed by atoms with van der Waals surface area (Å²) >= 11 is 0. The Labute approximate surface area is 192 Å². The van der Waals surface area contributed by atoms with Crippen LogP contribution in [0.5, 0.6) is 5.88 Å². The molecule has 0 unspecified atom stereocenters. The van der Waals surface area contributed by atoms with Crippen molar-refractivity contribution in [3.63, 3.8) is 0 Å². The molecule has 2 aliphatic heterocycles. The number of nitrogens with zero attached hydrogens (tertiary/aromatic N) is 4. The average Bonchev–Trinajstić information content (AvgIpc) is 3.42. The summed E-state index contributed by atoms with van der Waals surface area (Å²) in [5.41, 5.74) is 4.02. The molecule has 2 saturated heterocycles. The third-order valence-corrected chi connectivity index (χ3v) is 5.96. The van der Waals surface area contributed by atoms with Gasteiger partial charge in [-0.2, -0.15) is 0 Å². The predicted octanol–water partition coefficient (Wildman–Crippen LogP) is 2.52. The van der Waals surface area contributed by atoms with Gasteiger partial charge >= 0.3 is 0 Å². The Morgan fingerprint density at radius 1 is 1.18 bits per heavy atom. The number of carbonyl (C=O) groups is 1. The van der Waals surface area contributed by atoms with Gasteiger partial charge in [-0.3, -0.25) is 9.78 Å². The van der Waals surface area contributed by atoms with Gasteiger partial charge < -0.3 is 24.4 Å². The molecule has 2 fully saturated rings. The van der Waals surface area contributed by atoms with Gasteiger partial charge in [-0.1, -0.05) is 12.1 Å². The summed E-state index contributed by atoms with van der Waals surface area (Å²) in [6.07, 6.45) is 4.42. The van der Waals surface area contributed by atoms with Crippen molar-refractivity contribution in [2.24, 2.45) is 0 Å². The summed E-state index contributed by atoms with van der Waals surface area (Å²) in [6.45, 7) is 2.42. The summed E-state index contributed by atoms with van der Waals surface area (Å²) < 4.78 is 17.5. The van der Waals surface area contributed by atoms with E-state index in [4.69, 9.17) is 19.2 Å². The molecular formula is C24H27N5O4. The van der Waals surface area contributed by atoms with Crippen LogP contribution in [-0.2, 0) is 14.3 Å². The zero-order valence-corrected chi connectivity index (χ0v) is 18.6. The molecular weight excluding hydrogens is 422 g/mol. The smallest absolute Gasteiger partial charge is 0.251 e. The highest BCUT2D eigenvalue weighted by molar-refractivity contribution is 5.83. The van der Waals surface area contributed by atoms with Crippen LogP contribution in [0.3, 0.4) is 0 Å². The molecule has 3 aromatic rings. The van der Waals surface area contributed by atoms with E-state index in [0.717, 1.165) is 29.8 Å². The summed E-state index contributed by atoms with van der Waals surface area (Å²) in [7, 11) is 1.88. The van der Waals surface area contributed by atoms with Crippen molar-refractivity contribution in [1.82, 2.24) is 19.9 Å². The van der Waals surface area contributed by atoms with Crippen LogP contribution >= 0.6 is 0 Å². The number of fused-ring (bicyclic) bond motifs is 1. The fraction of sp³-hybridized carbons (Fsp3) is 0.417. The SMILES string of the molecule is CNc1ccc(-c2cc3nccnc3c(OC[C@@H]3CN(C(=O)[C@H]4CCCO4)CCO3)n2)cc1. The van der Waals surface area contributed by atoms with E-state index in [1.54, 1.807) is 12.4 Å². The second kappa shape index (κ2) is 9.68. The van der Waals surface area contributed by atoms with Crippen LogP contribution in [0.15, 0.2) is 42.7 Å². The second-order valence-electron chi connectivity index (χ2n) is 8.15. The van der Waals surface area contributed by atoms with Crippen LogP contribution in [0.25, 0.3) is 22.3 Å². The van der Waals surface area contributed by atoms with E-state index in [-0.39, 0.29) is 24.7 Å². The third-order valence-electron chi connectivity index (χ3n) is 5.96. The Hall–Kier alpha value is -3.30. The normalized spacial score (nSPS) is 20.7. The van der Waals surface area contributed by atoms with Gasteiger partial charge in [0.25, 0.3) is 5.91 Å². The van der Waals surface area contributed by atoms with E-state index in [0.29, 0.717) is 43.2 Å². The predicted molar refractivity (Wildman–Crippen MR) is 123 cm³/mol. The first-order chi connectivity index (χ1) is 16.2. The highest BCUT2D eigenvalue weighted by atomic mass is 16.5. The Kier molecular flexibility index (Phi) is 6.32. The first-order valence-electron chi connectivity index (χ1n) is 11.3. The zero-order valence-electron chi connectivity index (χ0n) is 18.6. The largest absolute Gasteiger partial charge is 0.473 e. The summed E-state index contributed by atoms with van der Waals surface area (Å²) in [6, 6.07) is 9.89. The Balaban J connectivity index is 1.33. The molecule has 2 aliphatic rings. The van der Waals surface area contributed by atoms with Crippen molar-refractivity contribution in [1.29, 1.82) is 0 Å². The third kappa shape index (κ3) is 4.74. The van der Waals surface area contributed by atoms with E-state index in [1.165, 1.54) is 0 Å². The lowest BCUT2D eigenvalue weighted by molar-refractivity contribution is -0.149. The molecule has 0 saturated carbocycles. The van der Waals surface area contributed by atoms with Crippen LogP contribution in [0.2, 0.25) is 0 Å². The zero-order chi connectivity index (χ0) is 22.6. The summed E-state index contributed by atoms with van der Waals surface area (Å²) in [5.74, 6) is 0.446. The highest BCUT2D eigenvalue weighted by Crippen LogP contribution is 2.28. The van der Waals surface area contributed by atoms with Gasteiger partial charge in [0.2, 0.25) is 5.88 Å². The lowest BCUT2D eigenvalue weighted by Crippen LogP contribution is -2.50. The first-order valence-corrected chi connectivity index (χ1v) is 11.3. The molecule has 5 rings (SSSR count). The maximum atomic E-state index is 12.7. The van der Waals surface area contributed by atoms with Crippen molar-refractivity contribution in [2.75, 3.05) is 45.3 Å². The van der Waals surface area contributed by atoms with Crippen molar-refractivity contribution in [2.45, 2.75) is 25.0 Å². The molecule has 0 bridgehead atoms. The van der Waals surface area contributed by atoms with E-state index < -0.39 is 0 Å². The second-order valence-corrected chi connectivity index (χ2v) is 8.15. The minimum Gasteiger partial charge on any atom is -0.473 e. The molecule has 2 aromatic heterocycles. The van der Waals surface area contributed by atoms with Crippen molar-refractivity contribution >= 4 is 22.6 Å². The first kappa shape index (κ1) is 21.5. The minimum absolute atomic E-state index is 0.0438. The number of morpholine rings is 1. The van der Waals surface area contributed by atoms with Gasteiger partial charge in [-0.25, -0.2) is 9.97 Å². The van der Waals surface area contributed by atoms with Crippen LogP contribution in [0, 0.1) is 0 Å². The number of anilines is 1. The van der Waals surface area contributed by atoms with Crippen LogP contribution < -0.4 is 10.1 Å². The van der Waals surface area contributed by atoms with Crippen LogP contribution in [0.4, 0.5) is 5.69 Å². The van der Waals surface area contributed by atoms with Crippen molar-refractivity contribution in [3.05, 3.63) is 42.7 Å². The minimum atomic E-state index is -0.323. The molecule has 0 aliphatic carbocycles. The number of amides is 1. The molecule has 4 heterocycles. The van der Waals surface area contributed by atoms with Gasteiger partial charge in [-0.15, -0.1) is 0 Å². The maximum Gasteiger partial charge on any atom is 0.251 e. The molecule has 1 N–H and O–H groups in total. The number of pyridine rings is 1. The van der Waals surface area contributed by atoms with Gasteiger partial charge in [0.05, 0.1) is 24.4 Å². The van der Waals surface area contributed by atoms with Crippen molar-refractivity contribution in [3.8, 4) is 17.1 Å². The molecule has 9 nitrogen and oxygen atoms in total. The fourth-order valence-electron chi connectivity index (χ4n) is 4.17. The number of rotatable bonds is 6. The van der Waals surface area contributed by atoms with Crippen LogP contribution in [0.1, 0.15) is 12.8 Å². The summed E-state index contributed by atoms with van der Waals surface area (Å²) in [4.78, 5) is 28.1. The molecule has 1 aromatic carbocycles. The highest BCUT2D eigenvalue weighted by Gasteiger charge is 2.32. The molecule has 2 atom stereocenters. The molecule has 0 radical (unpaired) electrons. The van der Waals surface area contributed by atoms with Gasteiger partial charge in [0.15, 0.2) is 5.52 Å². The standard InChI is InChI=1S/C24H27N5O4/c1-25-17-6-4-16(5-7-17)19-13-20-22(27-9-8-26-20)23(28-19)33-15-18-14-29(10-12-31-18)24(30)21-3-2-11-32-21/h4-9,13,18,21,25H,2-3,10-12,14-15H2,1H3/t18-,21+/m0/s1. The number of hydrogen-bond donors (Lipinski definition) is 1. The monoisotopic (exact) mass is 449 g/mol. The molecule has 172 valence electrons. The Morgan fingerprint density at radius 2 is 2.03 bits per heavy atom. The van der Waals surface area contributed by atoms with E-state index in [2.05, 4.69) is 15.3 Å². The maximum absolute atomic E-state index is 12.7. The Bertz CT molecular complexity index is 1120. The van der Waals surface area contributed by atoms with Gasteiger partial charge in [-0.05, 0) is 31.0 Å². The topological polar surface area (TPSA) is 98.7 Å².